The number of ether oxygens (including phenoxy) is 5. The Morgan fingerprint density at radius 3 is 2.02 bits per heavy atom. The van der Waals surface area contributed by atoms with Crippen LogP contribution >= 0.6 is 11.3 Å². The highest BCUT2D eigenvalue weighted by molar-refractivity contribution is 7.13. The monoisotopic (exact) mass is 751 g/mol. The lowest BCUT2D eigenvalue weighted by molar-refractivity contribution is -0.144. The molecule has 0 spiro atoms. The number of aryl methyl sites for hydroxylation is 1. The fraction of sp³-hybridized carbons (Fsp3) is 0.629. The van der Waals surface area contributed by atoms with Crippen molar-refractivity contribution in [2.45, 2.75) is 58.8 Å². The number of amides is 4. The zero-order chi connectivity index (χ0) is 37.9. The summed E-state index contributed by atoms with van der Waals surface area (Å²) in [5.41, 5.74) is 4.01. The van der Waals surface area contributed by atoms with Gasteiger partial charge in [0.05, 0.1) is 81.6 Å². The molecule has 290 valence electrons. The summed E-state index contributed by atoms with van der Waals surface area (Å²) in [5.74, 6) is -1.31. The fourth-order valence-corrected chi connectivity index (χ4v) is 6.07. The zero-order valence-corrected chi connectivity index (χ0v) is 31.2. The summed E-state index contributed by atoms with van der Waals surface area (Å²) in [7, 11) is 0. The molecule has 1 aromatic carbocycles. The largest absolute Gasteiger partial charge is 0.465 e. The van der Waals surface area contributed by atoms with Crippen molar-refractivity contribution in [2.75, 3.05) is 79.2 Å². The lowest BCUT2D eigenvalue weighted by Crippen LogP contribution is -2.58. The number of carbonyl (C=O) groups excluding carboxylic acids is 3. The molecule has 0 saturated carbocycles. The van der Waals surface area contributed by atoms with Crippen LogP contribution in [0.3, 0.4) is 0 Å². The average Bonchev–Trinajstić information content (AvgIpc) is 3.72. The molecule has 1 saturated heterocycles. The number of hydrogen-bond acceptors (Lipinski definition) is 12. The molecule has 17 heteroatoms. The highest BCUT2D eigenvalue weighted by Gasteiger charge is 2.44. The minimum absolute atomic E-state index is 0.0164. The summed E-state index contributed by atoms with van der Waals surface area (Å²) in [6.45, 7) is 10.4. The summed E-state index contributed by atoms with van der Waals surface area (Å²) in [4.78, 5) is 57.0. The van der Waals surface area contributed by atoms with E-state index in [1.807, 2.05) is 52.0 Å². The Balaban J connectivity index is 1.32. The van der Waals surface area contributed by atoms with Crippen LogP contribution in [0.15, 0.2) is 29.8 Å². The maximum absolute atomic E-state index is 13.8. The third-order valence-electron chi connectivity index (χ3n) is 7.96. The average molecular weight is 752 g/mol. The third kappa shape index (κ3) is 15.1. The standard InChI is InChI=1S/C35H53N5O11S/c1-24-30(52-23-38-24)26-7-5-25(6-8-26)20-37-32(43)28-19-27(41)21-40(28)33(44)31(35(2,3)4)39-29(42)22-51-18-17-50-16-15-49-14-13-48-12-11-47-10-9-36-34(45)46/h5-8,23,27-28,31,36,41H,9-22H2,1-4H3,(H,37,43)(H,39,42)(H,45,46)/t27-,28+,31?/m1/s1. The van der Waals surface area contributed by atoms with E-state index < -0.39 is 41.5 Å². The van der Waals surface area contributed by atoms with Gasteiger partial charge in [0, 0.05) is 26.1 Å². The van der Waals surface area contributed by atoms with E-state index in [0.717, 1.165) is 21.7 Å². The van der Waals surface area contributed by atoms with Gasteiger partial charge in [0.2, 0.25) is 17.7 Å². The molecule has 2 aromatic rings. The van der Waals surface area contributed by atoms with Crippen LogP contribution in [0, 0.1) is 12.3 Å². The first-order valence-electron chi connectivity index (χ1n) is 17.3. The van der Waals surface area contributed by atoms with Crippen LogP contribution in [0.1, 0.15) is 38.4 Å². The van der Waals surface area contributed by atoms with Gasteiger partial charge >= 0.3 is 6.09 Å². The quantitative estimate of drug-likeness (QED) is 0.103. The highest BCUT2D eigenvalue weighted by atomic mass is 32.1. The minimum Gasteiger partial charge on any atom is -0.465 e. The molecule has 1 aliphatic rings. The number of nitrogens with zero attached hydrogens (tertiary/aromatic N) is 2. The van der Waals surface area contributed by atoms with Gasteiger partial charge in [-0.15, -0.1) is 11.3 Å². The Labute approximate surface area is 308 Å². The van der Waals surface area contributed by atoms with Crippen LogP contribution in [-0.4, -0.2) is 141 Å². The van der Waals surface area contributed by atoms with Gasteiger partial charge in [0.15, 0.2) is 0 Å². The number of nitrogens with one attached hydrogen (secondary N) is 3. The van der Waals surface area contributed by atoms with Gasteiger partial charge < -0.3 is 54.7 Å². The number of thiazole rings is 1. The number of aliphatic hydroxyl groups is 1. The van der Waals surface area contributed by atoms with Crippen molar-refractivity contribution in [1.29, 1.82) is 0 Å². The van der Waals surface area contributed by atoms with Gasteiger partial charge in [0.25, 0.3) is 0 Å². The molecule has 1 aliphatic heterocycles. The first-order chi connectivity index (χ1) is 24.9. The summed E-state index contributed by atoms with van der Waals surface area (Å²) in [5, 5.41) is 26.8. The van der Waals surface area contributed by atoms with Crippen LogP contribution in [0.2, 0.25) is 0 Å². The van der Waals surface area contributed by atoms with E-state index in [4.69, 9.17) is 28.8 Å². The second-order valence-electron chi connectivity index (χ2n) is 13.2. The zero-order valence-electron chi connectivity index (χ0n) is 30.4. The number of likely N-dealkylation sites (tertiary alicyclic amines) is 1. The predicted octanol–water partition coefficient (Wildman–Crippen LogP) is 1.58. The van der Waals surface area contributed by atoms with Gasteiger partial charge in [-0.25, -0.2) is 9.78 Å². The molecule has 1 unspecified atom stereocenters. The van der Waals surface area contributed by atoms with Crippen molar-refractivity contribution < 1.29 is 53.1 Å². The van der Waals surface area contributed by atoms with Crippen molar-refractivity contribution in [1.82, 2.24) is 25.8 Å². The second-order valence-corrected chi connectivity index (χ2v) is 14.0. The Bertz CT molecular complexity index is 1400. The molecule has 3 rings (SSSR count). The van der Waals surface area contributed by atoms with Crippen LogP contribution in [0.5, 0.6) is 0 Å². The highest BCUT2D eigenvalue weighted by Crippen LogP contribution is 2.28. The van der Waals surface area contributed by atoms with E-state index >= 15 is 0 Å². The molecule has 4 amide bonds. The van der Waals surface area contributed by atoms with E-state index in [1.54, 1.807) is 16.8 Å². The second kappa shape index (κ2) is 22.4. The van der Waals surface area contributed by atoms with Crippen LogP contribution in [0.25, 0.3) is 10.4 Å². The topological polar surface area (TPSA) is 207 Å². The van der Waals surface area contributed by atoms with Crippen molar-refractivity contribution >= 4 is 35.2 Å². The molecule has 3 atom stereocenters. The maximum atomic E-state index is 13.8. The van der Waals surface area contributed by atoms with Crippen LogP contribution < -0.4 is 16.0 Å². The molecule has 5 N–H and O–H groups in total. The number of β-amino-alcohol motifs (C(OH)–C–C–N with tert-alkyl or cyclic N) is 1. The summed E-state index contributed by atoms with van der Waals surface area (Å²) < 4.78 is 26.9. The van der Waals surface area contributed by atoms with Gasteiger partial charge in [-0.2, -0.15) is 0 Å². The van der Waals surface area contributed by atoms with E-state index in [0.29, 0.717) is 39.6 Å². The third-order valence-corrected chi connectivity index (χ3v) is 8.93. The number of aliphatic hydroxyl groups excluding tert-OH is 1. The molecule has 52 heavy (non-hydrogen) atoms. The Kier molecular flexibility index (Phi) is 18.4. The normalized spacial score (nSPS) is 16.4. The number of hydrogen-bond donors (Lipinski definition) is 5. The number of carbonyl (C=O) groups is 4. The summed E-state index contributed by atoms with van der Waals surface area (Å²) in [6, 6.07) is 5.99. The Morgan fingerprint density at radius 1 is 0.904 bits per heavy atom. The molecule has 1 aromatic heterocycles. The predicted molar refractivity (Wildman–Crippen MR) is 192 cm³/mol. The molecule has 2 heterocycles. The molecular weight excluding hydrogens is 698 g/mol. The SMILES string of the molecule is Cc1ncsc1-c1ccc(CNC(=O)[C@@H]2C[C@@H](O)CN2C(=O)C(NC(=O)COCCOCCOCCOCCOCCNC(=O)O)C(C)(C)C)cc1. The Morgan fingerprint density at radius 2 is 1.48 bits per heavy atom. The van der Waals surface area contributed by atoms with Crippen LogP contribution in [-0.2, 0) is 44.6 Å². The summed E-state index contributed by atoms with van der Waals surface area (Å²) in [6.07, 6.45) is -1.86. The van der Waals surface area contributed by atoms with Gasteiger partial charge in [-0.3, -0.25) is 14.4 Å². The van der Waals surface area contributed by atoms with Gasteiger partial charge in [-0.05, 0) is 23.5 Å². The lowest BCUT2D eigenvalue weighted by Gasteiger charge is -2.35. The van der Waals surface area contributed by atoms with Crippen molar-refractivity contribution in [2.24, 2.45) is 5.41 Å². The molecule has 0 radical (unpaired) electrons. The number of carboxylic acid groups (broad SMARTS) is 1. The molecule has 0 bridgehead atoms. The summed E-state index contributed by atoms with van der Waals surface area (Å²) >= 11 is 1.57. The smallest absolute Gasteiger partial charge is 0.404 e. The van der Waals surface area contributed by atoms with Crippen molar-refractivity contribution in [3.05, 3.63) is 41.0 Å². The number of aromatic nitrogens is 1. The van der Waals surface area contributed by atoms with Gasteiger partial charge in [-0.1, -0.05) is 45.0 Å². The molecular formula is C35H53N5O11S. The van der Waals surface area contributed by atoms with Crippen LogP contribution in [0.4, 0.5) is 4.79 Å². The fourth-order valence-electron chi connectivity index (χ4n) is 5.26. The van der Waals surface area contributed by atoms with E-state index in [9.17, 15) is 24.3 Å². The maximum Gasteiger partial charge on any atom is 0.404 e. The van der Waals surface area contributed by atoms with Crippen molar-refractivity contribution in [3.8, 4) is 10.4 Å². The first kappa shape index (κ1) is 42.7. The number of rotatable bonds is 23. The minimum atomic E-state index is -1.09. The van der Waals surface area contributed by atoms with E-state index in [2.05, 4.69) is 20.9 Å². The number of benzene rings is 1. The van der Waals surface area contributed by atoms with E-state index in [1.165, 1.54) is 4.90 Å². The lowest BCUT2D eigenvalue weighted by atomic mass is 9.85. The molecule has 0 aliphatic carbocycles. The Hall–Kier alpha value is -3.71. The first-order valence-corrected chi connectivity index (χ1v) is 18.1. The molecule has 16 nitrogen and oxygen atoms in total. The van der Waals surface area contributed by atoms with Gasteiger partial charge in [0.1, 0.15) is 18.7 Å². The van der Waals surface area contributed by atoms with E-state index in [-0.39, 0.29) is 58.4 Å². The van der Waals surface area contributed by atoms with Crippen molar-refractivity contribution in [3.63, 3.8) is 0 Å². The molecule has 1 fully saturated rings.